The predicted molar refractivity (Wildman–Crippen MR) is 140 cm³/mol. The summed E-state index contributed by atoms with van der Waals surface area (Å²) in [5.74, 6) is 1.05. The maximum atomic E-state index is 12.7. The molecule has 190 valence electrons. The van der Waals surface area contributed by atoms with E-state index >= 15 is 0 Å². The van der Waals surface area contributed by atoms with Crippen LogP contribution in [0.1, 0.15) is 22.6 Å². The highest BCUT2D eigenvalue weighted by atomic mass is 32.2. The quantitative estimate of drug-likeness (QED) is 0.300. The summed E-state index contributed by atoms with van der Waals surface area (Å²) in [7, 11) is 4.51. The van der Waals surface area contributed by atoms with Crippen molar-refractivity contribution in [1.82, 2.24) is 5.32 Å². The lowest BCUT2D eigenvalue weighted by atomic mass is 9.91. The number of nitrogens with one attached hydrogen (secondary N) is 1. The van der Waals surface area contributed by atoms with Gasteiger partial charge in [-0.2, -0.15) is 0 Å². The normalized spacial score (nSPS) is 14.7. The van der Waals surface area contributed by atoms with E-state index in [9.17, 15) is 14.4 Å². The van der Waals surface area contributed by atoms with Gasteiger partial charge in [-0.15, -0.1) is 0 Å². The van der Waals surface area contributed by atoms with Crippen LogP contribution < -0.4 is 19.5 Å². The van der Waals surface area contributed by atoms with Crippen LogP contribution in [0.4, 0.5) is 4.79 Å². The molecule has 1 aliphatic rings. The Hall–Kier alpha value is -4.24. The van der Waals surface area contributed by atoms with E-state index in [1.165, 1.54) is 7.11 Å². The van der Waals surface area contributed by atoms with Gasteiger partial charge in [0.1, 0.15) is 23.0 Å². The minimum absolute atomic E-state index is 0.342. The first-order chi connectivity index (χ1) is 17.9. The lowest BCUT2D eigenvalue weighted by Crippen LogP contribution is -2.17. The summed E-state index contributed by atoms with van der Waals surface area (Å²) in [5, 5.41) is 1.85. The second kappa shape index (κ2) is 11.7. The van der Waals surface area contributed by atoms with Gasteiger partial charge < -0.3 is 18.9 Å². The highest BCUT2D eigenvalue weighted by molar-refractivity contribution is 8.18. The average molecular weight is 520 g/mol. The van der Waals surface area contributed by atoms with E-state index in [1.807, 2.05) is 24.3 Å². The summed E-state index contributed by atoms with van der Waals surface area (Å²) in [6.07, 6.45) is 2.02. The average Bonchev–Trinajstić information content (AvgIpc) is 3.23. The number of rotatable bonds is 9. The van der Waals surface area contributed by atoms with Crippen LogP contribution in [0, 0.1) is 0 Å². The van der Waals surface area contributed by atoms with Crippen LogP contribution in [0.2, 0.25) is 0 Å². The van der Waals surface area contributed by atoms with Crippen LogP contribution in [-0.2, 0) is 20.7 Å². The SMILES string of the molecule is COC(=O)C(Cc1cc(OC)cc(OC)c1)c1cccc(Oc2ccc(/C=C3/SC(=O)NC3=O)cc2)c1. The maximum absolute atomic E-state index is 12.7. The molecule has 37 heavy (non-hydrogen) atoms. The number of methoxy groups -OCH3 is 3. The summed E-state index contributed by atoms with van der Waals surface area (Å²) < 4.78 is 21.8. The zero-order valence-corrected chi connectivity index (χ0v) is 21.3. The van der Waals surface area contributed by atoms with Crippen molar-refractivity contribution in [2.75, 3.05) is 21.3 Å². The smallest absolute Gasteiger partial charge is 0.313 e. The van der Waals surface area contributed by atoms with Gasteiger partial charge in [-0.3, -0.25) is 19.7 Å². The van der Waals surface area contributed by atoms with Crippen LogP contribution in [-0.4, -0.2) is 38.4 Å². The van der Waals surface area contributed by atoms with Crippen molar-refractivity contribution in [3.05, 3.63) is 88.3 Å². The molecule has 3 aromatic rings. The summed E-state index contributed by atoms with van der Waals surface area (Å²) >= 11 is 0.867. The third-order valence-electron chi connectivity index (χ3n) is 5.65. The third-order valence-corrected chi connectivity index (χ3v) is 6.46. The van der Waals surface area contributed by atoms with Gasteiger partial charge in [0.15, 0.2) is 0 Å². The Labute approximate surface area is 218 Å². The molecule has 9 heteroatoms. The molecule has 1 N–H and O–H groups in total. The molecule has 1 atom stereocenters. The van der Waals surface area contributed by atoms with Crippen molar-refractivity contribution in [2.45, 2.75) is 12.3 Å². The topological polar surface area (TPSA) is 100 Å². The van der Waals surface area contributed by atoms with Crippen LogP contribution in [0.3, 0.4) is 0 Å². The minimum atomic E-state index is -0.572. The van der Waals surface area contributed by atoms with Crippen molar-refractivity contribution in [3.63, 3.8) is 0 Å². The lowest BCUT2D eigenvalue weighted by Gasteiger charge is -2.17. The third kappa shape index (κ3) is 6.50. The molecule has 1 aliphatic heterocycles. The Morgan fingerprint density at radius 2 is 1.59 bits per heavy atom. The summed E-state index contributed by atoms with van der Waals surface area (Å²) in [4.78, 5) is 36.2. The van der Waals surface area contributed by atoms with Gasteiger partial charge >= 0.3 is 5.97 Å². The van der Waals surface area contributed by atoms with E-state index in [0.29, 0.717) is 34.3 Å². The van der Waals surface area contributed by atoms with Gasteiger partial charge in [0.25, 0.3) is 11.1 Å². The molecular formula is C28H25NO7S. The van der Waals surface area contributed by atoms with Crippen molar-refractivity contribution < 1.29 is 33.3 Å². The Bertz CT molecular complexity index is 1330. The number of thioether (sulfide) groups is 1. The minimum Gasteiger partial charge on any atom is -0.497 e. The van der Waals surface area contributed by atoms with Crippen LogP contribution in [0.15, 0.2) is 71.6 Å². The number of amides is 2. The first kappa shape index (κ1) is 25.8. The Balaban J connectivity index is 1.53. The largest absolute Gasteiger partial charge is 0.497 e. The number of benzene rings is 3. The molecule has 3 aromatic carbocycles. The molecule has 0 bridgehead atoms. The van der Waals surface area contributed by atoms with Gasteiger partial charge in [0.05, 0.1) is 32.2 Å². The van der Waals surface area contributed by atoms with Gasteiger partial charge in [-0.1, -0.05) is 24.3 Å². The molecule has 1 heterocycles. The standard InChI is InChI=1S/C28H25NO7S/c1-33-22-11-18(12-23(16-22)34-2)13-24(27(31)35-3)19-5-4-6-21(15-19)36-20-9-7-17(8-10-20)14-25-26(30)29-28(32)37-25/h4-12,14-16,24H,13H2,1-3H3,(H,29,30,32)/b25-14+. The molecule has 8 nitrogen and oxygen atoms in total. The molecule has 1 unspecified atom stereocenters. The summed E-state index contributed by atoms with van der Waals surface area (Å²) in [6.45, 7) is 0. The molecule has 0 radical (unpaired) electrons. The number of hydrogen-bond acceptors (Lipinski definition) is 8. The molecular weight excluding hydrogens is 494 g/mol. The number of esters is 1. The molecule has 0 saturated carbocycles. The van der Waals surface area contributed by atoms with E-state index in [2.05, 4.69) is 5.32 Å². The number of carbonyl (C=O) groups is 3. The first-order valence-corrected chi connectivity index (χ1v) is 12.1. The lowest BCUT2D eigenvalue weighted by molar-refractivity contribution is -0.142. The zero-order valence-electron chi connectivity index (χ0n) is 20.5. The van der Waals surface area contributed by atoms with Gasteiger partial charge in [0.2, 0.25) is 0 Å². The number of ether oxygens (including phenoxy) is 4. The van der Waals surface area contributed by atoms with E-state index in [1.54, 1.807) is 62.8 Å². The highest BCUT2D eigenvalue weighted by Gasteiger charge is 2.25. The van der Waals surface area contributed by atoms with Gasteiger partial charge in [-0.25, -0.2) is 0 Å². The van der Waals surface area contributed by atoms with Crippen LogP contribution >= 0.6 is 11.8 Å². The fourth-order valence-electron chi connectivity index (χ4n) is 3.83. The second-order valence-electron chi connectivity index (χ2n) is 8.10. The number of hydrogen-bond donors (Lipinski definition) is 1. The highest BCUT2D eigenvalue weighted by Crippen LogP contribution is 2.32. The summed E-state index contributed by atoms with van der Waals surface area (Å²) in [6, 6.07) is 19.9. The molecule has 0 aromatic heterocycles. The fraction of sp³-hybridized carbons (Fsp3) is 0.179. The second-order valence-corrected chi connectivity index (χ2v) is 9.11. The van der Waals surface area contributed by atoms with Gasteiger partial charge in [0, 0.05) is 6.07 Å². The van der Waals surface area contributed by atoms with Crippen LogP contribution in [0.25, 0.3) is 6.08 Å². The maximum Gasteiger partial charge on any atom is 0.313 e. The Kier molecular flexibility index (Phi) is 8.15. The monoisotopic (exact) mass is 519 g/mol. The van der Waals surface area contributed by atoms with Crippen molar-refractivity contribution in [3.8, 4) is 23.0 Å². The van der Waals surface area contributed by atoms with Crippen molar-refractivity contribution in [1.29, 1.82) is 0 Å². The molecule has 2 amide bonds. The Morgan fingerprint density at radius 1 is 0.892 bits per heavy atom. The molecule has 0 spiro atoms. The Morgan fingerprint density at radius 3 is 2.19 bits per heavy atom. The molecule has 1 saturated heterocycles. The first-order valence-electron chi connectivity index (χ1n) is 11.3. The molecule has 0 aliphatic carbocycles. The van der Waals surface area contributed by atoms with E-state index < -0.39 is 11.8 Å². The van der Waals surface area contributed by atoms with Crippen molar-refractivity contribution >= 4 is 35.0 Å². The van der Waals surface area contributed by atoms with E-state index in [0.717, 1.165) is 28.5 Å². The zero-order chi connectivity index (χ0) is 26.4. The predicted octanol–water partition coefficient (Wildman–Crippen LogP) is 5.32. The van der Waals surface area contributed by atoms with Crippen LogP contribution in [0.5, 0.6) is 23.0 Å². The van der Waals surface area contributed by atoms with Gasteiger partial charge in [-0.05, 0) is 77.3 Å². The fourth-order valence-corrected chi connectivity index (χ4v) is 4.52. The van der Waals surface area contributed by atoms with Crippen molar-refractivity contribution in [2.24, 2.45) is 0 Å². The van der Waals surface area contributed by atoms with E-state index in [4.69, 9.17) is 18.9 Å². The molecule has 4 rings (SSSR count). The number of carbonyl (C=O) groups excluding carboxylic acids is 3. The molecule has 1 fully saturated rings. The summed E-state index contributed by atoms with van der Waals surface area (Å²) in [5.41, 5.74) is 2.35. The number of imide groups is 1. The van der Waals surface area contributed by atoms with E-state index in [-0.39, 0.29) is 11.2 Å².